The van der Waals surface area contributed by atoms with Crippen LogP contribution in [0, 0.1) is 0 Å². The van der Waals surface area contributed by atoms with Crippen molar-refractivity contribution in [1.29, 1.82) is 0 Å². The van der Waals surface area contributed by atoms with Crippen LogP contribution in [0.15, 0.2) is 64.2 Å². The van der Waals surface area contributed by atoms with Crippen molar-refractivity contribution >= 4 is 22.9 Å². The molecular weight excluding hydrogens is 470 g/mol. The van der Waals surface area contributed by atoms with Crippen LogP contribution in [0.3, 0.4) is 0 Å². The Bertz CT molecular complexity index is 1480. The highest BCUT2D eigenvalue weighted by molar-refractivity contribution is 5.84. The van der Waals surface area contributed by atoms with Crippen LogP contribution < -0.4 is 16.6 Å². The average Bonchev–Trinajstić information content (AvgIpc) is 3.28. The third-order valence-electron chi connectivity index (χ3n) is 5.96. The molecule has 0 bridgehead atoms. The van der Waals surface area contributed by atoms with E-state index in [9.17, 15) is 14.4 Å². The standard InChI is InChI=1S/C28H33N5O4/c1-5-6-16-33-24-22(25(34)32-26(33)35)30-23(31-24)21(17-18-10-8-7-9-11-18)19-12-14-20(15-13-19)29-27(36)37-28(2,3)4/h7-15,21H,5-6,16-17H2,1-4H3,(H,29,36)(H,30,31)(H,32,34,35). The van der Waals surface area contributed by atoms with Crippen LogP contribution in [0.5, 0.6) is 0 Å². The Hall–Kier alpha value is -4.14. The highest BCUT2D eigenvalue weighted by Crippen LogP contribution is 2.29. The molecule has 2 heterocycles. The maximum atomic E-state index is 12.6. The van der Waals surface area contributed by atoms with Crippen molar-refractivity contribution in [3.63, 3.8) is 0 Å². The van der Waals surface area contributed by atoms with E-state index in [0.717, 1.165) is 24.0 Å². The highest BCUT2D eigenvalue weighted by atomic mass is 16.6. The number of rotatable bonds is 8. The molecule has 9 nitrogen and oxygen atoms in total. The number of carbonyl (C=O) groups excluding carboxylic acids is 1. The number of nitrogens with one attached hydrogen (secondary N) is 3. The third kappa shape index (κ3) is 6.35. The van der Waals surface area contributed by atoms with Crippen molar-refractivity contribution in [2.45, 2.75) is 65.0 Å². The third-order valence-corrected chi connectivity index (χ3v) is 5.96. The normalized spacial score (nSPS) is 12.4. The van der Waals surface area contributed by atoms with Crippen molar-refractivity contribution in [2.75, 3.05) is 5.32 Å². The fourth-order valence-corrected chi connectivity index (χ4v) is 4.19. The molecule has 4 aromatic rings. The molecule has 0 saturated carbocycles. The number of aromatic amines is 2. The Kier molecular flexibility index (Phi) is 7.61. The number of nitrogens with zero attached hydrogens (tertiary/aromatic N) is 2. The predicted molar refractivity (Wildman–Crippen MR) is 144 cm³/mol. The minimum Gasteiger partial charge on any atom is -0.444 e. The summed E-state index contributed by atoms with van der Waals surface area (Å²) < 4.78 is 6.86. The quantitative estimate of drug-likeness (QED) is 0.315. The number of imidazole rings is 1. The van der Waals surface area contributed by atoms with E-state index in [1.54, 1.807) is 0 Å². The molecule has 1 unspecified atom stereocenters. The lowest BCUT2D eigenvalue weighted by molar-refractivity contribution is 0.0636. The largest absolute Gasteiger partial charge is 0.444 e. The van der Waals surface area contributed by atoms with E-state index in [0.29, 0.717) is 30.1 Å². The number of aromatic nitrogens is 4. The molecule has 1 atom stereocenters. The topological polar surface area (TPSA) is 122 Å². The molecule has 0 saturated heterocycles. The van der Waals surface area contributed by atoms with E-state index in [2.05, 4.69) is 15.3 Å². The van der Waals surface area contributed by atoms with Crippen molar-refractivity contribution in [2.24, 2.45) is 0 Å². The van der Waals surface area contributed by atoms with Crippen LogP contribution in [0.4, 0.5) is 10.5 Å². The first-order chi connectivity index (χ1) is 17.6. The summed E-state index contributed by atoms with van der Waals surface area (Å²) in [5.41, 5.74) is 1.75. The van der Waals surface area contributed by atoms with Crippen molar-refractivity contribution in [3.8, 4) is 0 Å². The molecule has 2 aromatic carbocycles. The first kappa shape index (κ1) is 25.9. The fourth-order valence-electron chi connectivity index (χ4n) is 4.19. The SMILES string of the molecule is CCCCn1c(=O)[nH]c(=O)c2[nH]c(C(Cc3ccccc3)c3ccc(NC(=O)OC(C)(C)C)cc3)nc21. The first-order valence-corrected chi connectivity index (χ1v) is 12.5. The van der Waals surface area contributed by atoms with Crippen LogP contribution in [-0.4, -0.2) is 31.2 Å². The smallest absolute Gasteiger partial charge is 0.412 e. The van der Waals surface area contributed by atoms with E-state index in [-0.39, 0.29) is 11.4 Å². The van der Waals surface area contributed by atoms with E-state index in [1.165, 1.54) is 4.57 Å². The Labute approximate surface area is 214 Å². The van der Waals surface area contributed by atoms with Crippen molar-refractivity contribution < 1.29 is 9.53 Å². The number of ether oxygens (including phenoxy) is 1. The lowest BCUT2D eigenvalue weighted by atomic mass is 9.91. The Morgan fingerprint density at radius 3 is 2.41 bits per heavy atom. The Morgan fingerprint density at radius 1 is 1.05 bits per heavy atom. The molecule has 4 rings (SSSR count). The first-order valence-electron chi connectivity index (χ1n) is 12.5. The second-order valence-electron chi connectivity index (χ2n) is 10.1. The monoisotopic (exact) mass is 503 g/mol. The van der Waals surface area contributed by atoms with Gasteiger partial charge in [-0.25, -0.2) is 14.6 Å². The number of hydrogen-bond donors (Lipinski definition) is 3. The molecule has 0 aliphatic heterocycles. The molecule has 9 heteroatoms. The van der Waals surface area contributed by atoms with Gasteiger partial charge in [0.1, 0.15) is 16.9 Å². The van der Waals surface area contributed by atoms with E-state index in [1.807, 2.05) is 82.3 Å². The molecule has 37 heavy (non-hydrogen) atoms. The van der Waals surface area contributed by atoms with Gasteiger partial charge in [-0.05, 0) is 56.9 Å². The van der Waals surface area contributed by atoms with Gasteiger partial charge in [0.25, 0.3) is 5.56 Å². The average molecular weight is 504 g/mol. The second-order valence-corrected chi connectivity index (χ2v) is 10.1. The van der Waals surface area contributed by atoms with Crippen LogP contribution >= 0.6 is 0 Å². The van der Waals surface area contributed by atoms with E-state index in [4.69, 9.17) is 9.72 Å². The Balaban J connectivity index is 1.72. The van der Waals surface area contributed by atoms with Gasteiger partial charge in [0.05, 0.1) is 0 Å². The van der Waals surface area contributed by atoms with Gasteiger partial charge in [-0.1, -0.05) is 55.8 Å². The summed E-state index contributed by atoms with van der Waals surface area (Å²) in [6.07, 6.45) is 1.80. The van der Waals surface area contributed by atoms with Crippen molar-refractivity contribution in [3.05, 3.63) is 92.4 Å². The fraction of sp³-hybridized carbons (Fsp3) is 0.357. The maximum absolute atomic E-state index is 12.6. The minimum atomic E-state index is -0.595. The molecule has 2 aromatic heterocycles. The summed E-state index contributed by atoms with van der Waals surface area (Å²) in [4.78, 5) is 47.7. The number of fused-ring (bicyclic) bond motifs is 1. The maximum Gasteiger partial charge on any atom is 0.412 e. The molecule has 194 valence electrons. The van der Waals surface area contributed by atoms with Gasteiger partial charge in [-0.2, -0.15) is 0 Å². The van der Waals surface area contributed by atoms with E-state index >= 15 is 0 Å². The van der Waals surface area contributed by atoms with Gasteiger partial charge >= 0.3 is 11.8 Å². The lowest BCUT2D eigenvalue weighted by Gasteiger charge is -2.20. The van der Waals surface area contributed by atoms with Crippen molar-refractivity contribution in [1.82, 2.24) is 19.5 Å². The molecular formula is C28H33N5O4. The highest BCUT2D eigenvalue weighted by Gasteiger charge is 2.22. The molecule has 1 amide bonds. The van der Waals surface area contributed by atoms with Crippen LogP contribution in [-0.2, 0) is 17.7 Å². The summed E-state index contributed by atoms with van der Waals surface area (Å²) in [6, 6.07) is 17.5. The zero-order valence-corrected chi connectivity index (χ0v) is 21.6. The number of aryl methyl sites for hydroxylation is 1. The number of benzene rings is 2. The predicted octanol–water partition coefficient (Wildman–Crippen LogP) is 4.93. The van der Waals surface area contributed by atoms with Crippen LogP contribution in [0.2, 0.25) is 0 Å². The number of amides is 1. The van der Waals surface area contributed by atoms with Gasteiger partial charge in [-0.15, -0.1) is 0 Å². The van der Waals surface area contributed by atoms with E-state index < -0.39 is 22.9 Å². The van der Waals surface area contributed by atoms with Gasteiger partial charge in [0, 0.05) is 18.2 Å². The summed E-state index contributed by atoms with van der Waals surface area (Å²) in [6.45, 7) is 7.94. The number of hydrogen-bond acceptors (Lipinski definition) is 5. The Morgan fingerprint density at radius 2 is 1.76 bits per heavy atom. The van der Waals surface area contributed by atoms with Gasteiger partial charge in [0.2, 0.25) is 0 Å². The molecule has 0 fully saturated rings. The number of unbranched alkanes of at least 4 members (excludes halogenated alkanes) is 1. The van der Waals surface area contributed by atoms with Gasteiger partial charge in [0.15, 0.2) is 5.65 Å². The summed E-state index contributed by atoms with van der Waals surface area (Å²) in [5.74, 6) is 0.368. The number of carbonyl (C=O) groups is 1. The van der Waals surface area contributed by atoms with Crippen LogP contribution in [0.1, 0.15) is 63.4 Å². The zero-order chi connectivity index (χ0) is 26.6. The number of anilines is 1. The summed E-state index contributed by atoms with van der Waals surface area (Å²) in [7, 11) is 0. The second kappa shape index (κ2) is 10.9. The summed E-state index contributed by atoms with van der Waals surface area (Å²) >= 11 is 0. The molecule has 0 radical (unpaired) electrons. The summed E-state index contributed by atoms with van der Waals surface area (Å²) in [5, 5.41) is 2.75. The zero-order valence-electron chi connectivity index (χ0n) is 21.6. The van der Waals surface area contributed by atoms with Crippen LogP contribution in [0.25, 0.3) is 11.2 Å². The van der Waals surface area contributed by atoms with Gasteiger partial charge < -0.3 is 9.72 Å². The molecule has 0 aliphatic carbocycles. The molecule has 0 spiro atoms. The molecule has 0 aliphatic rings. The lowest BCUT2D eigenvalue weighted by Crippen LogP contribution is -2.30. The minimum absolute atomic E-state index is 0.223. The number of H-pyrrole nitrogens is 2. The molecule has 3 N–H and O–H groups in total. The van der Waals surface area contributed by atoms with Gasteiger partial charge in [-0.3, -0.25) is 19.7 Å².